The van der Waals surface area contributed by atoms with Gasteiger partial charge in [-0.05, 0) is 66.9 Å². The second-order valence-corrected chi connectivity index (χ2v) is 9.68. The van der Waals surface area contributed by atoms with E-state index in [4.69, 9.17) is 14.6 Å². The molecule has 0 saturated carbocycles. The van der Waals surface area contributed by atoms with Crippen LogP contribution in [0.5, 0.6) is 5.75 Å². The van der Waals surface area contributed by atoms with E-state index in [0.29, 0.717) is 35.7 Å². The van der Waals surface area contributed by atoms with Gasteiger partial charge in [0.1, 0.15) is 18.5 Å². The molecule has 3 rings (SSSR count). The molecule has 0 spiro atoms. The van der Waals surface area contributed by atoms with E-state index in [-0.39, 0.29) is 31.7 Å². The molecule has 0 radical (unpaired) electrons. The number of aliphatic hydroxyl groups excluding tert-OH is 2. The van der Waals surface area contributed by atoms with Crippen LogP contribution in [0.2, 0.25) is 0 Å². The Morgan fingerprint density at radius 1 is 0.889 bits per heavy atom. The van der Waals surface area contributed by atoms with Crippen molar-refractivity contribution in [3.05, 3.63) is 90.0 Å². The van der Waals surface area contributed by atoms with Crippen molar-refractivity contribution in [1.82, 2.24) is 10.6 Å². The summed E-state index contributed by atoms with van der Waals surface area (Å²) in [5.74, 6) is -2.21. The molecule has 45 heavy (non-hydrogen) atoms. The van der Waals surface area contributed by atoms with Crippen LogP contribution in [-0.4, -0.2) is 77.9 Å². The van der Waals surface area contributed by atoms with E-state index >= 15 is 0 Å². The summed E-state index contributed by atoms with van der Waals surface area (Å²) in [6, 6.07) is 22.6. The van der Waals surface area contributed by atoms with Crippen molar-refractivity contribution in [1.29, 1.82) is 0 Å². The van der Waals surface area contributed by atoms with Crippen LogP contribution in [0.15, 0.2) is 78.9 Å². The van der Waals surface area contributed by atoms with E-state index in [9.17, 15) is 33.0 Å². The lowest BCUT2D eigenvalue weighted by Crippen LogP contribution is -2.41. The van der Waals surface area contributed by atoms with Crippen molar-refractivity contribution in [2.75, 3.05) is 36.9 Å². The maximum atomic E-state index is 12.4. The Morgan fingerprint density at radius 3 is 1.96 bits per heavy atom. The number of aliphatic carboxylic acids is 1. The van der Waals surface area contributed by atoms with Crippen molar-refractivity contribution in [2.24, 2.45) is 0 Å². The first-order chi connectivity index (χ1) is 21.4. The number of nitrogens with one attached hydrogen (secondary N) is 4. The Kier molecular flexibility index (Phi) is 15.3. The fourth-order valence-electron chi connectivity index (χ4n) is 3.62. The number of amides is 3. The maximum absolute atomic E-state index is 12.4. The molecule has 0 heterocycles. The van der Waals surface area contributed by atoms with E-state index in [1.165, 1.54) is 0 Å². The van der Waals surface area contributed by atoms with Crippen LogP contribution in [0.1, 0.15) is 29.3 Å². The largest absolute Gasteiger partial charge is 0.491 e. The lowest BCUT2D eigenvalue weighted by Gasteiger charge is -2.19. The smallest absolute Gasteiger partial charge is 0.490 e. The number of carboxylic acids is 1. The predicted octanol–water partition coefficient (Wildman–Crippen LogP) is 4.04. The zero-order chi connectivity index (χ0) is 33.2. The second kappa shape index (κ2) is 18.9. The summed E-state index contributed by atoms with van der Waals surface area (Å²) in [4.78, 5) is 33.3. The number of benzene rings is 3. The Labute approximate surface area is 258 Å². The number of carboxylic acid groups (broad SMARTS) is 1. The molecule has 244 valence electrons. The van der Waals surface area contributed by atoms with Gasteiger partial charge in [-0.1, -0.05) is 37.3 Å². The number of para-hydroxylation sites is 1. The number of hydrogen-bond acceptors (Lipinski definition) is 7. The molecular weight excluding hydrogens is 597 g/mol. The molecule has 14 heteroatoms. The molecular formula is C31H37F3N4O7. The van der Waals surface area contributed by atoms with Crippen LogP contribution >= 0.6 is 0 Å². The molecule has 0 aromatic heterocycles. The minimum atomic E-state index is -5.08. The third kappa shape index (κ3) is 14.6. The number of urea groups is 1. The summed E-state index contributed by atoms with van der Waals surface area (Å²) in [5.41, 5.74) is 2.68. The van der Waals surface area contributed by atoms with Crippen LogP contribution in [0.25, 0.3) is 0 Å². The number of carbonyl (C=O) groups excluding carboxylic acids is 2. The number of aliphatic hydroxyl groups is 2. The molecule has 11 nitrogen and oxygen atoms in total. The number of hydrogen-bond donors (Lipinski definition) is 7. The van der Waals surface area contributed by atoms with Gasteiger partial charge in [0, 0.05) is 36.1 Å². The number of halogens is 3. The van der Waals surface area contributed by atoms with Crippen LogP contribution in [-0.2, 0) is 11.2 Å². The number of anilines is 2. The summed E-state index contributed by atoms with van der Waals surface area (Å²) >= 11 is 0. The first kappa shape index (κ1) is 36.5. The molecule has 3 aromatic rings. The average molecular weight is 635 g/mol. The highest BCUT2D eigenvalue weighted by Crippen LogP contribution is 2.15. The van der Waals surface area contributed by atoms with Gasteiger partial charge in [0.15, 0.2) is 0 Å². The van der Waals surface area contributed by atoms with Crippen LogP contribution < -0.4 is 26.0 Å². The first-order valence-electron chi connectivity index (χ1n) is 14.0. The zero-order valence-corrected chi connectivity index (χ0v) is 24.5. The van der Waals surface area contributed by atoms with Crippen molar-refractivity contribution < 1.29 is 47.6 Å². The quantitative estimate of drug-likeness (QED) is 0.139. The summed E-state index contributed by atoms with van der Waals surface area (Å²) in [6.07, 6.45) is -4.39. The van der Waals surface area contributed by atoms with E-state index in [1.54, 1.807) is 36.4 Å². The van der Waals surface area contributed by atoms with E-state index in [1.807, 2.05) is 49.4 Å². The van der Waals surface area contributed by atoms with Gasteiger partial charge in [0.05, 0.1) is 6.61 Å². The fraction of sp³-hybridized carbons (Fsp3) is 0.323. The van der Waals surface area contributed by atoms with Gasteiger partial charge < -0.3 is 41.3 Å². The normalized spacial score (nSPS) is 12.1. The van der Waals surface area contributed by atoms with Gasteiger partial charge >= 0.3 is 18.2 Å². The zero-order valence-electron chi connectivity index (χ0n) is 24.5. The summed E-state index contributed by atoms with van der Waals surface area (Å²) in [6.45, 7) is 2.94. The minimum Gasteiger partial charge on any atom is -0.491 e. The van der Waals surface area contributed by atoms with E-state index in [2.05, 4.69) is 21.3 Å². The Hall–Kier alpha value is -4.66. The lowest BCUT2D eigenvalue weighted by atomic mass is 10.1. The number of ether oxygens (including phenoxy) is 1. The molecule has 0 fully saturated rings. The van der Waals surface area contributed by atoms with Crippen LogP contribution in [0.4, 0.5) is 29.3 Å². The standard InChI is InChI=1S/C29H36N4O5.C2HF3O2/c1-2-16-30-28(36)22-10-14-24(15-11-22)33-29(37)32-23-12-8-21(9-13-23)17-25(19-34)31-18-26(35)20-38-27-6-4-3-5-7-27;3-2(4,5)1(6)7/h3-15,25-26,31,34-35H,2,16-20H2,1H3,(H,30,36)(H2,32,33,37);(H,6,7)/t25-,26-;/m0./s1. The second-order valence-electron chi connectivity index (χ2n) is 9.68. The minimum absolute atomic E-state index is 0.0896. The Bertz CT molecular complexity index is 1330. The number of rotatable bonds is 14. The Morgan fingerprint density at radius 2 is 1.44 bits per heavy atom. The third-order valence-corrected chi connectivity index (χ3v) is 5.93. The molecule has 0 aliphatic rings. The monoisotopic (exact) mass is 634 g/mol. The third-order valence-electron chi connectivity index (χ3n) is 5.93. The first-order valence-corrected chi connectivity index (χ1v) is 14.0. The highest BCUT2D eigenvalue weighted by molar-refractivity contribution is 6.00. The number of carbonyl (C=O) groups is 3. The molecule has 0 saturated heterocycles. The highest BCUT2D eigenvalue weighted by atomic mass is 19.4. The number of alkyl halides is 3. The van der Waals surface area contributed by atoms with Crippen molar-refractivity contribution in [3.8, 4) is 5.75 Å². The summed E-state index contributed by atoms with van der Waals surface area (Å²) < 4.78 is 37.3. The van der Waals surface area contributed by atoms with Crippen molar-refractivity contribution in [2.45, 2.75) is 38.1 Å². The molecule has 0 aliphatic carbocycles. The van der Waals surface area contributed by atoms with Gasteiger partial charge in [0.2, 0.25) is 0 Å². The van der Waals surface area contributed by atoms with Gasteiger partial charge in [-0.15, -0.1) is 0 Å². The van der Waals surface area contributed by atoms with Crippen molar-refractivity contribution in [3.63, 3.8) is 0 Å². The molecule has 0 unspecified atom stereocenters. The van der Waals surface area contributed by atoms with E-state index in [0.717, 1.165) is 12.0 Å². The SMILES string of the molecule is CCCNC(=O)c1ccc(NC(=O)Nc2ccc(C[C@@H](CO)NC[C@H](O)COc3ccccc3)cc2)cc1.O=C(O)C(F)(F)F. The van der Waals surface area contributed by atoms with E-state index < -0.39 is 24.3 Å². The molecule has 0 bridgehead atoms. The Balaban J connectivity index is 0.000000900. The predicted molar refractivity (Wildman–Crippen MR) is 162 cm³/mol. The van der Waals surface area contributed by atoms with Crippen LogP contribution in [0, 0.1) is 0 Å². The average Bonchev–Trinajstić information content (AvgIpc) is 3.02. The summed E-state index contributed by atoms with van der Waals surface area (Å²) in [7, 11) is 0. The van der Waals surface area contributed by atoms with Crippen LogP contribution in [0.3, 0.4) is 0 Å². The molecule has 3 amide bonds. The lowest BCUT2D eigenvalue weighted by molar-refractivity contribution is -0.192. The van der Waals surface area contributed by atoms with Gasteiger partial charge in [0.25, 0.3) is 5.91 Å². The summed E-state index contributed by atoms with van der Waals surface area (Å²) in [5, 5.41) is 38.5. The molecule has 2 atom stereocenters. The molecule has 7 N–H and O–H groups in total. The highest BCUT2D eigenvalue weighted by Gasteiger charge is 2.38. The van der Waals surface area contributed by atoms with Gasteiger partial charge in [-0.3, -0.25) is 4.79 Å². The van der Waals surface area contributed by atoms with Crippen molar-refractivity contribution >= 4 is 29.3 Å². The molecule has 3 aromatic carbocycles. The van der Waals surface area contributed by atoms with Gasteiger partial charge in [-0.25, -0.2) is 9.59 Å². The molecule has 0 aliphatic heterocycles. The van der Waals surface area contributed by atoms with Gasteiger partial charge in [-0.2, -0.15) is 13.2 Å². The fourth-order valence-corrected chi connectivity index (χ4v) is 3.62. The maximum Gasteiger partial charge on any atom is 0.490 e. The topological polar surface area (TPSA) is 169 Å².